The molecular weight excluding hydrogens is 292 g/mol. The molecule has 0 aliphatic heterocycles. The molecule has 0 saturated carbocycles. The molecule has 0 amide bonds. The van der Waals surface area contributed by atoms with Crippen LogP contribution in [0, 0.1) is 6.92 Å². The molecule has 110 valence electrons. The minimum absolute atomic E-state index is 0.352. The van der Waals surface area contributed by atoms with E-state index in [2.05, 4.69) is 28.1 Å². The van der Waals surface area contributed by atoms with Crippen LogP contribution < -0.4 is 10.6 Å². The summed E-state index contributed by atoms with van der Waals surface area (Å²) in [6, 6.07) is 0.352. The molecule has 0 aliphatic carbocycles. The van der Waals surface area contributed by atoms with Crippen molar-refractivity contribution in [3.05, 3.63) is 11.1 Å². The Labute approximate surface area is 127 Å². The zero-order valence-corrected chi connectivity index (χ0v) is 13.8. The van der Waals surface area contributed by atoms with Gasteiger partial charge in [0, 0.05) is 30.8 Å². The van der Waals surface area contributed by atoms with Crippen LogP contribution in [0.1, 0.15) is 19.5 Å². The second-order valence-corrected chi connectivity index (χ2v) is 6.43. The Bertz CT molecular complexity index is 564. The number of anilines is 2. The van der Waals surface area contributed by atoms with Gasteiger partial charge in [0.15, 0.2) is 0 Å². The monoisotopic (exact) mass is 312 g/mol. The minimum Gasteiger partial charge on any atom is -0.383 e. The summed E-state index contributed by atoms with van der Waals surface area (Å²) in [5.41, 5.74) is 8.02. The lowest BCUT2D eigenvalue weighted by Gasteiger charge is -2.27. The standard InChI is InChI=1S/C13H20N4OS2/c1-8(2)17(5-6-18-4)13-10(11(14)16-20-13)12-15-9(3)7-19-12/h7-8H,5-6H2,1-4H3,(H2,14,16). The summed E-state index contributed by atoms with van der Waals surface area (Å²) in [7, 11) is 1.71. The second kappa shape index (κ2) is 6.51. The van der Waals surface area contributed by atoms with Crippen molar-refractivity contribution in [1.29, 1.82) is 0 Å². The molecule has 5 nitrogen and oxygen atoms in total. The molecule has 0 aromatic carbocycles. The average Bonchev–Trinajstić information content (AvgIpc) is 2.96. The normalized spacial score (nSPS) is 11.2. The van der Waals surface area contributed by atoms with Crippen molar-refractivity contribution in [1.82, 2.24) is 9.36 Å². The van der Waals surface area contributed by atoms with Crippen molar-refractivity contribution >= 4 is 33.7 Å². The van der Waals surface area contributed by atoms with Crippen LogP contribution in [-0.2, 0) is 4.74 Å². The largest absolute Gasteiger partial charge is 0.383 e. The fourth-order valence-corrected chi connectivity index (χ4v) is 3.83. The molecule has 0 spiro atoms. The van der Waals surface area contributed by atoms with Gasteiger partial charge < -0.3 is 15.4 Å². The first kappa shape index (κ1) is 15.2. The van der Waals surface area contributed by atoms with Crippen LogP contribution in [0.2, 0.25) is 0 Å². The van der Waals surface area contributed by atoms with Crippen LogP contribution in [0.15, 0.2) is 5.38 Å². The van der Waals surface area contributed by atoms with Crippen LogP contribution >= 0.6 is 22.9 Å². The molecule has 2 aromatic rings. The van der Waals surface area contributed by atoms with Crippen molar-refractivity contribution in [3.63, 3.8) is 0 Å². The first-order valence-electron chi connectivity index (χ1n) is 6.47. The number of rotatable bonds is 6. The fourth-order valence-electron chi connectivity index (χ4n) is 1.94. The Morgan fingerprint density at radius 3 is 2.75 bits per heavy atom. The predicted octanol–water partition coefficient (Wildman–Crippen LogP) is 3.02. The number of nitrogens with zero attached hydrogens (tertiary/aromatic N) is 3. The highest BCUT2D eigenvalue weighted by molar-refractivity contribution is 7.15. The lowest BCUT2D eigenvalue weighted by molar-refractivity contribution is 0.204. The van der Waals surface area contributed by atoms with Crippen LogP contribution in [0.5, 0.6) is 0 Å². The summed E-state index contributed by atoms with van der Waals surface area (Å²) < 4.78 is 9.52. The van der Waals surface area contributed by atoms with Crippen LogP contribution in [-0.4, -0.2) is 35.7 Å². The van der Waals surface area contributed by atoms with E-state index >= 15 is 0 Å². The zero-order chi connectivity index (χ0) is 14.7. The number of hydrogen-bond donors (Lipinski definition) is 1. The lowest BCUT2D eigenvalue weighted by atomic mass is 10.2. The van der Waals surface area contributed by atoms with Crippen LogP contribution in [0.25, 0.3) is 10.6 Å². The van der Waals surface area contributed by atoms with Crippen molar-refractivity contribution in [2.45, 2.75) is 26.8 Å². The van der Waals surface area contributed by atoms with Gasteiger partial charge in [0.25, 0.3) is 0 Å². The highest BCUT2D eigenvalue weighted by atomic mass is 32.1. The number of nitrogens with two attached hydrogens (primary N) is 1. The van der Waals surface area contributed by atoms with E-state index in [-0.39, 0.29) is 0 Å². The van der Waals surface area contributed by atoms with Crippen molar-refractivity contribution < 1.29 is 4.74 Å². The highest BCUT2D eigenvalue weighted by Gasteiger charge is 2.23. The van der Waals surface area contributed by atoms with Crippen LogP contribution in [0.3, 0.4) is 0 Å². The number of methoxy groups -OCH3 is 1. The SMILES string of the molecule is COCCN(c1snc(N)c1-c1nc(C)cs1)C(C)C. The maximum absolute atomic E-state index is 6.06. The second-order valence-electron chi connectivity index (χ2n) is 4.82. The van der Waals surface area contributed by atoms with E-state index in [1.54, 1.807) is 18.4 Å². The molecule has 7 heteroatoms. The number of thiazole rings is 1. The van der Waals surface area contributed by atoms with E-state index in [0.717, 1.165) is 27.8 Å². The third-order valence-corrected chi connectivity index (χ3v) is 4.83. The van der Waals surface area contributed by atoms with Crippen molar-refractivity contribution in [2.75, 3.05) is 30.9 Å². The van der Waals surface area contributed by atoms with E-state index in [4.69, 9.17) is 10.5 Å². The number of ether oxygens (including phenoxy) is 1. The molecule has 0 unspecified atom stereocenters. The molecule has 2 heterocycles. The van der Waals surface area contributed by atoms with E-state index in [0.29, 0.717) is 18.5 Å². The summed E-state index contributed by atoms with van der Waals surface area (Å²) in [5.74, 6) is 0.558. The Kier molecular flexibility index (Phi) is 4.95. The Morgan fingerprint density at radius 1 is 1.45 bits per heavy atom. The third kappa shape index (κ3) is 3.11. The molecule has 0 aliphatic rings. The average molecular weight is 312 g/mol. The number of hydrogen-bond acceptors (Lipinski definition) is 7. The van der Waals surface area contributed by atoms with Gasteiger partial charge in [0.1, 0.15) is 15.8 Å². The van der Waals surface area contributed by atoms with Gasteiger partial charge in [0.2, 0.25) is 0 Å². The topological polar surface area (TPSA) is 64.3 Å². The van der Waals surface area contributed by atoms with Gasteiger partial charge >= 0.3 is 0 Å². The Balaban J connectivity index is 2.40. The van der Waals surface area contributed by atoms with Gasteiger partial charge in [-0.15, -0.1) is 11.3 Å². The van der Waals surface area contributed by atoms with E-state index in [1.807, 2.05) is 12.3 Å². The number of nitrogen functional groups attached to an aromatic ring is 1. The molecule has 2 rings (SSSR count). The van der Waals surface area contributed by atoms with Gasteiger partial charge in [-0.25, -0.2) is 4.98 Å². The molecule has 2 N–H and O–H groups in total. The zero-order valence-electron chi connectivity index (χ0n) is 12.2. The highest BCUT2D eigenvalue weighted by Crippen LogP contribution is 2.41. The Hall–Kier alpha value is -1.18. The maximum Gasteiger partial charge on any atom is 0.149 e. The lowest BCUT2D eigenvalue weighted by Crippen LogP contribution is -2.33. The smallest absolute Gasteiger partial charge is 0.149 e. The molecule has 0 fully saturated rings. The fraction of sp³-hybridized carbons (Fsp3) is 0.538. The molecule has 2 aromatic heterocycles. The van der Waals surface area contributed by atoms with Crippen molar-refractivity contribution in [2.24, 2.45) is 0 Å². The predicted molar refractivity (Wildman–Crippen MR) is 86.7 cm³/mol. The Morgan fingerprint density at radius 2 is 2.20 bits per heavy atom. The van der Waals surface area contributed by atoms with Gasteiger partial charge in [-0.2, -0.15) is 4.37 Å². The van der Waals surface area contributed by atoms with Gasteiger partial charge in [-0.05, 0) is 32.3 Å². The van der Waals surface area contributed by atoms with Crippen molar-refractivity contribution in [3.8, 4) is 10.6 Å². The first-order valence-corrected chi connectivity index (χ1v) is 8.13. The van der Waals surface area contributed by atoms with Crippen LogP contribution in [0.4, 0.5) is 10.8 Å². The molecule has 0 saturated heterocycles. The molecule has 20 heavy (non-hydrogen) atoms. The third-order valence-electron chi connectivity index (χ3n) is 2.95. The maximum atomic E-state index is 6.06. The summed E-state index contributed by atoms with van der Waals surface area (Å²) in [6.07, 6.45) is 0. The van der Waals surface area contributed by atoms with E-state index in [1.165, 1.54) is 11.5 Å². The summed E-state index contributed by atoms with van der Waals surface area (Å²) in [4.78, 5) is 6.81. The summed E-state index contributed by atoms with van der Waals surface area (Å²) >= 11 is 3.04. The summed E-state index contributed by atoms with van der Waals surface area (Å²) in [6.45, 7) is 7.78. The first-order chi connectivity index (χ1) is 9.54. The molecule has 0 radical (unpaired) electrons. The minimum atomic E-state index is 0.352. The molecule has 0 atom stereocenters. The van der Waals surface area contributed by atoms with E-state index < -0.39 is 0 Å². The van der Waals surface area contributed by atoms with Gasteiger partial charge in [0.05, 0.1) is 12.2 Å². The van der Waals surface area contributed by atoms with Gasteiger partial charge in [-0.1, -0.05) is 0 Å². The molecular formula is C13H20N4OS2. The van der Waals surface area contributed by atoms with Gasteiger partial charge in [-0.3, -0.25) is 0 Å². The molecule has 0 bridgehead atoms. The quantitative estimate of drug-likeness (QED) is 0.888. The van der Waals surface area contributed by atoms with E-state index in [9.17, 15) is 0 Å². The summed E-state index contributed by atoms with van der Waals surface area (Å²) in [5, 5.41) is 4.04. The number of aryl methyl sites for hydroxylation is 1. The number of aromatic nitrogens is 2.